The molecule has 26 heavy (non-hydrogen) atoms. The second-order valence-electron chi connectivity index (χ2n) is 5.88. The van der Waals surface area contributed by atoms with Crippen molar-refractivity contribution in [1.82, 2.24) is 0 Å². The molecule has 0 bridgehead atoms. The normalized spacial score (nSPS) is 11.6. The second-order valence-corrected chi connectivity index (χ2v) is 6.75. The minimum Gasteiger partial charge on any atom is -0.508 e. The topological polar surface area (TPSA) is 65.2 Å². The Morgan fingerprint density at radius 1 is 0.731 bits per heavy atom. The van der Waals surface area contributed by atoms with E-state index in [-0.39, 0.29) is 11.5 Å². The number of nitrogens with zero attached hydrogens (tertiary/aromatic N) is 2. The van der Waals surface area contributed by atoms with Gasteiger partial charge in [-0.2, -0.15) is 0 Å². The molecule has 0 fully saturated rings. The van der Waals surface area contributed by atoms with Crippen LogP contribution in [0.25, 0.3) is 0 Å². The number of hydrogen-bond donors (Lipinski definition) is 2. The van der Waals surface area contributed by atoms with Crippen molar-refractivity contribution < 1.29 is 10.2 Å². The molecule has 0 aliphatic carbocycles. The molecule has 0 heterocycles. The van der Waals surface area contributed by atoms with Gasteiger partial charge in [0.05, 0.1) is 13.1 Å². The van der Waals surface area contributed by atoms with E-state index in [2.05, 4.69) is 9.98 Å². The highest BCUT2D eigenvalue weighted by Crippen LogP contribution is 2.22. The summed E-state index contributed by atoms with van der Waals surface area (Å²) in [4.78, 5) is 8.64. The molecule has 0 unspecified atom stereocenters. The molecule has 0 aliphatic heterocycles. The Hall–Kier alpha value is -2.04. The van der Waals surface area contributed by atoms with Crippen LogP contribution in [-0.2, 0) is 13.1 Å². The molecule has 0 saturated carbocycles. The fourth-order valence-corrected chi connectivity index (χ4v) is 2.73. The van der Waals surface area contributed by atoms with Crippen molar-refractivity contribution >= 4 is 35.6 Å². The summed E-state index contributed by atoms with van der Waals surface area (Å²) >= 11 is 11.8. The Morgan fingerprint density at radius 3 is 1.58 bits per heavy atom. The van der Waals surface area contributed by atoms with Gasteiger partial charge in [-0.1, -0.05) is 23.2 Å². The standard InChI is InChI=1S/C20H22Cl2N2O2/c21-17-5-7-19(25)15(11-17)13-23-9-3-1-2-4-10-24-14-16-12-18(22)6-8-20(16)26/h5-12,25-26H,1-4,13-14H2. The van der Waals surface area contributed by atoms with Gasteiger partial charge in [0, 0.05) is 21.2 Å². The minimum absolute atomic E-state index is 0.216. The molecular weight excluding hydrogens is 371 g/mol. The van der Waals surface area contributed by atoms with Crippen molar-refractivity contribution in [2.75, 3.05) is 0 Å². The maximum atomic E-state index is 9.70. The van der Waals surface area contributed by atoms with E-state index in [0.29, 0.717) is 23.1 Å². The highest BCUT2D eigenvalue weighted by atomic mass is 35.5. The van der Waals surface area contributed by atoms with E-state index in [1.165, 1.54) is 0 Å². The van der Waals surface area contributed by atoms with E-state index >= 15 is 0 Å². The number of phenolic OH excluding ortho intramolecular Hbond substituents is 2. The van der Waals surface area contributed by atoms with Crippen molar-refractivity contribution in [2.45, 2.75) is 38.8 Å². The van der Waals surface area contributed by atoms with Crippen LogP contribution in [0.2, 0.25) is 10.0 Å². The molecule has 0 aliphatic rings. The van der Waals surface area contributed by atoms with Crippen molar-refractivity contribution in [3.8, 4) is 11.5 Å². The van der Waals surface area contributed by atoms with E-state index in [1.54, 1.807) is 36.4 Å². The lowest BCUT2D eigenvalue weighted by molar-refractivity contribution is 0.468. The van der Waals surface area contributed by atoms with Gasteiger partial charge in [0.1, 0.15) is 11.5 Å². The fourth-order valence-electron chi connectivity index (χ4n) is 2.34. The lowest BCUT2D eigenvalue weighted by Crippen LogP contribution is -1.86. The predicted octanol–water partition coefficient (Wildman–Crippen LogP) is 5.81. The van der Waals surface area contributed by atoms with Gasteiger partial charge in [-0.15, -0.1) is 0 Å². The summed E-state index contributed by atoms with van der Waals surface area (Å²) in [5.41, 5.74) is 1.45. The van der Waals surface area contributed by atoms with Gasteiger partial charge in [-0.3, -0.25) is 9.98 Å². The number of halogens is 2. The molecule has 4 nitrogen and oxygen atoms in total. The van der Waals surface area contributed by atoms with Crippen LogP contribution in [0.3, 0.4) is 0 Å². The average molecular weight is 393 g/mol. The van der Waals surface area contributed by atoms with E-state index in [1.807, 2.05) is 12.4 Å². The van der Waals surface area contributed by atoms with Crippen molar-refractivity contribution in [3.05, 3.63) is 57.6 Å². The van der Waals surface area contributed by atoms with E-state index < -0.39 is 0 Å². The Kier molecular flexibility index (Phi) is 8.45. The molecule has 0 amide bonds. The number of aromatic hydroxyl groups is 2. The first kappa shape index (κ1) is 20.3. The van der Waals surface area contributed by atoms with Crippen molar-refractivity contribution in [3.63, 3.8) is 0 Å². The van der Waals surface area contributed by atoms with E-state index in [4.69, 9.17) is 23.2 Å². The number of rotatable bonds is 9. The first-order chi connectivity index (χ1) is 12.6. The predicted molar refractivity (Wildman–Crippen MR) is 109 cm³/mol. The minimum atomic E-state index is 0.216. The zero-order chi connectivity index (χ0) is 18.8. The number of benzene rings is 2. The van der Waals surface area contributed by atoms with Gasteiger partial charge in [-0.05, 0) is 74.5 Å². The number of unbranched alkanes of at least 4 members (excludes halogenated alkanes) is 3. The number of hydrogen-bond acceptors (Lipinski definition) is 4. The first-order valence-corrected chi connectivity index (χ1v) is 9.23. The molecular formula is C20H22Cl2N2O2. The smallest absolute Gasteiger partial charge is 0.120 e. The molecule has 2 aromatic carbocycles. The lowest BCUT2D eigenvalue weighted by atomic mass is 10.2. The van der Waals surface area contributed by atoms with Crippen LogP contribution in [0.4, 0.5) is 0 Å². The molecule has 2 rings (SSSR count). The molecule has 6 heteroatoms. The Morgan fingerprint density at radius 2 is 1.15 bits per heavy atom. The van der Waals surface area contributed by atoms with Crippen LogP contribution < -0.4 is 0 Å². The van der Waals surface area contributed by atoms with Crippen LogP contribution in [0.15, 0.2) is 46.4 Å². The van der Waals surface area contributed by atoms with Gasteiger partial charge >= 0.3 is 0 Å². The van der Waals surface area contributed by atoms with E-state index in [0.717, 1.165) is 36.8 Å². The van der Waals surface area contributed by atoms with Crippen LogP contribution in [0, 0.1) is 0 Å². The highest BCUT2D eigenvalue weighted by Gasteiger charge is 2.01. The second kappa shape index (κ2) is 10.8. The summed E-state index contributed by atoms with van der Waals surface area (Å²) in [7, 11) is 0. The summed E-state index contributed by atoms with van der Waals surface area (Å²) in [5, 5.41) is 20.6. The number of aliphatic imine (C=N–C) groups is 2. The van der Waals surface area contributed by atoms with Gasteiger partial charge < -0.3 is 10.2 Å². The zero-order valence-electron chi connectivity index (χ0n) is 14.4. The van der Waals surface area contributed by atoms with Crippen LogP contribution in [-0.4, -0.2) is 22.6 Å². The molecule has 2 N–H and O–H groups in total. The van der Waals surface area contributed by atoms with Gasteiger partial charge in [0.25, 0.3) is 0 Å². The van der Waals surface area contributed by atoms with Gasteiger partial charge in [-0.25, -0.2) is 0 Å². The quantitative estimate of drug-likeness (QED) is 0.417. The van der Waals surface area contributed by atoms with Crippen molar-refractivity contribution in [1.29, 1.82) is 0 Å². The third-order valence-corrected chi connectivity index (χ3v) is 4.25. The van der Waals surface area contributed by atoms with Crippen LogP contribution >= 0.6 is 23.2 Å². The fraction of sp³-hybridized carbons (Fsp3) is 0.300. The Labute approximate surface area is 163 Å². The first-order valence-electron chi connectivity index (χ1n) is 8.47. The summed E-state index contributed by atoms with van der Waals surface area (Å²) in [6.07, 6.45) is 7.54. The van der Waals surface area contributed by atoms with E-state index in [9.17, 15) is 10.2 Å². The zero-order valence-corrected chi connectivity index (χ0v) is 15.9. The van der Waals surface area contributed by atoms with Crippen LogP contribution in [0.5, 0.6) is 11.5 Å². The largest absolute Gasteiger partial charge is 0.508 e. The van der Waals surface area contributed by atoms with Gasteiger partial charge in [0.15, 0.2) is 0 Å². The highest BCUT2D eigenvalue weighted by molar-refractivity contribution is 6.31. The van der Waals surface area contributed by atoms with Crippen LogP contribution in [0.1, 0.15) is 36.8 Å². The lowest BCUT2D eigenvalue weighted by Gasteiger charge is -2.01. The summed E-state index contributed by atoms with van der Waals surface area (Å²) < 4.78 is 0. The third kappa shape index (κ3) is 7.06. The van der Waals surface area contributed by atoms with Crippen molar-refractivity contribution in [2.24, 2.45) is 9.98 Å². The number of phenols is 2. The Balaban J connectivity index is 1.60. The molecule has 0 spiro atoms. The average Bonchev–Trinajstić information content (AvgIpc) is 2.62. The molecule has 0 saturated heterocycles. The summed E-state index contributed by atoms with van der Waals surface area (Å²) in [5.74, 6) is 0.432. The maximum Gasteiger partial charge on any atom is 0.120 e. The van der Waals surface area contributed by atoms with Gasteiger partial charge in [0.2, 0.25) is 0 Å². The molecule has 0 atom stereocenters. The molecule has 138 valence electrons. The molecule has 0 aromatic heterocycles. The summed E-state index contributed by atoms with van der Waals surface area (Å²) in [6, 6.07) is 9.91. The third-order valence-electron chi connectivity index (χ3n) is 3.78. The monoisotopic (exact) mass is 392 g/mol. The Bertz CT molecular complexity index is 711. The molecule has 2 aromatic rings. The SMILES string of the molecule is Oc1ccc(Cl)cc1CN=CCCCCC=NCc1cc(Cl)ccc1O. The molecule has 0 radical (unpaired) electrons. The maximum absolute atomic E-state index is 9.70. The summed E-state index contributed by atoms with van der Waals surface area (Å²) in [6.45, 7) is 0.855.